The van der Waals surface area contributed by atoms with E-state index in [4.69, 9.17) is 15.8 Å². The molecule has 1 aromatic heterocycles. The molecule has 0 aromatic carbocycles. The average Bonchev–Trinajstić information content (AvgIpc) is 3.11. The van der Waals surface area contributed by atoms with Crippen LogP contribution in [0.3, 0.4) is 0 Å². The zero-order valence-electron chi connectivity index (χ0n) is 14.8. The molecule has 1 aromatic rings. The average molecular weight is 366 g/mol. The van der Waals surface area contributed by atoms with Gasteiger partial charge in [0.15, 0.2) is 5.13 Å². The highest BCUT2D eigenvalue weighted by Gasteiger charge is 2.38. The van der Waals surface area contributed by atoms with Crippen LogP contribution in [0.5, 0.6) is 0 Å². The predicted molar refractivity (Wildman–Crippen MR) is 99.5 cm³/mol. The van der Waals surface area contributed by atoms with Crippen molar-refractivity contribution >= 4 is 28.6 Å². The number of nitrogens with two attached hydrogens (primary N) is 1. The lowest BCUT2D eigenvalue weighted by Gasteiger charge is -2.38. The summed E-state index contributed by atoms with van der Waals surface area (Å²) in [5.41, 5.74) is 4.86. The van der Waals surface area contributed by atoms with Gasteiger partial charge in [-0.2, -0.15) is 5.26 Å². The van der Waals surface area contributed by atoms with Gasteiger partial charge in [0.05, 0.1) is 18.8 Å². The normalized spacial score (nSPS) is 13.3. The van der Waals surface area contributed by atoms with Crippen LogP contribution in [-0.4, -0.2) is 49.4 Å². The zero-order valence-corrected chi connectivity index (χ0v) is 15.6. The monoisotopic (exact) mass is 366 g/mol. The van der Waals surface area contributed by atoms with Crippen LogP contribution in [0.2, 0.25) is 0 Å². The molecule has 0 fully saturated rings. The molecule has 0 unspecified atom stereocenters. The van der Waals surface area contributed by atoms with Gasteiger partial charge in [-0.1, -0.05) is 5.16 Å². The molecule has 1 heterocycles. The van der Waals surface area contributed by atoms with Crippen LogP contribution in [0, 0.1) is 11.3 Å². The number of unbranched alkanes of at least 4 members (excludes halogenated alkanes) is 1. The number of hydrogen-bond acceptors (Lipinski definition) is 8. The van der Waals surface area contributed by atoms with Gasteiger partial charge in [-0.25, -0.2) is 4.98 Å². The van der Waals surface area contributed by atoms with E-state index >= 15 is 0 Å². The highest BCUT2D eigenvalue weighted by atomic mass is 32.1. The van der Waals surface area contributed by atoms with Crippen LogP contribution in [-0.2, 0) is 9.63 Å². The molecule has 1 amide bonds. The molecule has 0 aliphatic carbocycles. The second-order valence-electron chi connectivity index (χ2n) is 5.65. The van der Waals surface area contributed by atoms with Crippen molar-refractivity contribution in [3.63, 3.8) is 0 Å². The van der Waals surface area contributed by atoms with Crippen molar-refractivity contribution in [2.75, 3.05) is 31.6 Å². The molecular weight excluding hydrogens is 340 g/mol. The smallest absolute Gasteiger partial charge is 0.243 e. The van der Waals surface area contributed by atoms with Crippen LogP contribution < -0.4 is 16.0 Å². The number of thiazole rings is 1. The fourth-order valence-electron chi connectivity index (χ4n) is 2.41. The van der Waals surface area contributed by atoms with Crippen molar-refractivity contribution in [2.24, 2.45) is 10.9 Å². The SMILES string of the molecule is CO/N=C/CN(c1nccs1)[C@@](C)(CCCCNCCC#N)C(N)=O. The maximum Gasteiger partial charge on any atom is 0.243 e. The molecule has 0 bridgehead atoms. The number of aromatic nitrogens is 1. The Morgan fingerprint density at radius 1 is 1.60 bits per heavy atom. The highest BCUT2D eigenvalue weighted by Crippen LogP contribution is 2.29. The Bertz CT molecular complexity index is 572. The Labute approximate surface area is 152 Å². The van der Waals surface area contributed by atoms with Crippen LogP contribution >= 0.6 is 11.3 Å². The van der Waals surface area contributed by atoms with Gasteiger partial charge in [0.2, 0.25) is 5.91 Å². The molecule has 0 saturated carbocycles. The van der Waals surface area contributed by atoms with Crippen molar-refractivity contribution in [3.05, 3.63) is 11.6 Å². The Kier molecular flexibility index (Phi) is 9.50. The topological polar surface area (TPSA) is 117 Å². The number of rotatable bonds is 13. The molecule has 0 radical (unpaired) electrons. The quantitative estimate of drug-likeness (QED) is 0.310. The lowest BCUT2D eigenvalue weighted by molar-refractivity contribution is -0.122. The third-order valence-electron chi connectivity index (χ3n) is 3.90. The van der Waals surface area contributed by atoms with E-state index in [1.165, 1.54) is 18.4 Å². The largest absolute Gasteiger partial charge is 0.399 e. The molecule has 0 aliphatic rings. The lowest BCUT2D eigenvalue weighted by Crippen LogP contribution is -2.56. The Balaban J connectivity index is 2.72. The van der Waals surface area contributed by atoms with Crippen molar-refractivity contribution in [1.82, 2.24) is 10.3 Å². The number of anilines is 1. The number of nitrogens with zero attached hydrogens (tertiary/aromatic N) is 4. The Hall–Kier alpha value is -2.18. The summed E-state index contributed by atoms with van der Waals surface area (Å²) in [7, 11) is 1.47. The standard InChI is InChI=1S/C16H26N6O2S/c1-16(14(18)23,6-3-4-8-19-9-5-7-17)22(12-10-21-24-2)15-20-11-13-25-15/h10-11,13,19H,3-6,8-9,12H2,1-2H3,(H2,18,23)/b21-10+/t16-/m0/s1. The van der Waals surface area contributed by atoms with Gasteiger partial charge in [-0.15, -0.1) is 11.3 Å². The summed E-state index contributed by atoms with van der Waals surface area (Å²) in [5.74, 6) is -0.397. The summed E-state index contributed by atoms with van der Waals surface area (Å²) in [6.07, 6.45) is 6.10. The second-order valence-corrected chi connectivity index (χ2v) is 6.52. The molecule has 0 saturated heterocycles. The number of nitriles is 1. The van der Waals surface area contributed by atoms with Crippen molar-refractivity contribution in [2.45, 2.75) is 38.1 Å². The minimum Gasteiger partial charge on any atom is -0.399 e. The first-order chi connectivity index (χ1) is 12.1. The number of oxime groups is 1. The van der Waals surface area contributed by atoms with Crippen LogP contribution in [0.1, 0.15) is 32.6 Å². The fraction of sp³-hybridized carbons (Fsp3) is 0.625. The summed E-state index contributed by atoms with van der Waals surface area (Å²) < 4.78 is 0. The molecule has 0 aliphatic heterocycles. The van der Waals surface area contributed by atoms with E-state index < -0.39 is 11.4 Å². The molecule has 0 spiro atoms. The summed E-state index contributed by atoms with van der Waals surface area (Å²) in [6, 6.07) is 2.09. The first-order valence-corrected chi connectivity index (χ1v) is 9.04. The van der Waals surface area contributed by atoms with E-state index in [9.17, 15) is 4.79 Å². The maximum atomic E-state index is 12.2. The molecule has 25 heavy (non-hydrogen) atoms. The van der Waals surface area contributed by atoms with E-state index in [2.05, 4.69) is 21.5 Å². The summed E-state index contributed by atoms with van der Waals surface area (Å²) in [5, 5.41) is 18.0. The number of nitrogens with one attached hydrogen (secondary N) is 1. The first kappa shape index (κ1) is 20.9. The third kappa shape index (κ3) is 6.68. The van der Waals surface area contributed by atoms with Gasteiger partial charge >= 0.3 is 0 Å². The Morgan fingerprint density at radius 2 is 2.40 bits per heavy atom. The Morgan fingerprint density at radius 3 is 3.00 bits per heavy atom. The van der Waals surface area contributed by atoms with Gasteiger partial charge in [-0.05, 0) is 32.7 Å². The predicted octanol–water partition coefficient (Wildman–Crippen LogP) is 1.50. The fourth-order valence-corrected chi connectivity index (χ4v) is 3.18. The first-order valence-electron chi connectivity index (χ1n) is 8.16. The summed E-state index contributed by atoms with van der Waals surface area (Å²) in [4.78, 5) is 23.1. The number of carbonyl (C=O) groups is 1. The van der Waals surface area contributed by atoms with Crippen LogP contribution in [0.15, 0.2) is 16.7 Å². The molecule has 1 rings (SSSR count). The molecule has 138 valence electrons. The number of primary amides is 1. The minimum atomic E-state index is -0.871. The number of carbonyl (C=O) groups excluding carboxylic acids is 1. The van der Waals surface area contributed by atoms with E-state index in [0.29, 0.717) is 25.9 Å². The lowest BCUT2D eigenvalue weighted by atomic mass is 9.92. The second kappa shape index (κ2) is 11.4. The van der Waals surface area contributed by atoms with Crippen molar-refractivity contribution in [3.8, 4) is 6.07 Å². The van der Waals surface area contributed by atoms with E-state index in [0.717, 1.165) is 24.5 Å². The van der Waals surface area contributed by atoms with Gasteiger partial charge in [0.25, 0.3) is 0 Å². The van der Waals surface area contributed by atoms with Gasteiger partial charge in [0.1, 0.15) is 12.6 Å². The number of hydrogen-bond donors (Lipinski definition) is 2. The van der Waals surface area contributed by atoms with Gasteiger partial charge in [0, 0.05) is 24.5 Å². The van der Waals surface area contributed by atoms with Crippen LogP contribution in [0.25, 0.3) is 0 Å². The maximum absolute atomic E-state index is 12.2. The minimum absolute atomic E-state index is 0.376. The summed E-state index contributed by atoms with van der Waals surface area (Å²) in [6.45, 7) is 3.70. The van der Waals surface area contributed by atoms with Crippen LogP contribution in [0.4, 0.5) is 5.13 Å². The van der Waals surface area contributed by atoms with Crippen molar-refractivity contribution < 1.29 is 9.63 Å². The highest BCUT2D eigenvalue weighted by molar-refractivity contribution is 7.13. The van der Waals surface area contributed by atoms with E-state index in [1.807, 2.05) is 17.2 Å². The van der Waals surface area contributed by atoms with Gasteiger partial charge < -0.3 is 20.8 Å². The molecule has 8 nitrogen and oxygen atoms in total. The van der Waals surface area contributed by atoms with Crippen molar-refractivity contribution in [1.29, 1.82) is 5.26 Å². The van der Waals surface area contributed by atoms with E-state index in [1.54, 1.807) is 12.4 Å². The van der Waals surface area contributed by atoms with Gasteiger partial charge in [-0.3, -0.25) is 4.79 Å². The molecular formula is C16H26N6O2S. The number of amides is 1. The zero-order chi connectivity index (χ0) is 18.5. The third-order valence-corrected chi connectivity index (χ3v) is 4.70. The summed E-state index contributed by atoms with van der Waals surface area (Å²) >= 11 is 1.45. The molecule has 9 heteroatoms. The molecule has 3 N–H and O–H groups in total. The van der Waals surface area contributed by atoms with E-state index in [-0.39, 0.29) is 0 Å². The molecule has 1 atom stereocenters.